The average Bonchev–Trinajstić information content (AvgIpc) is 2.39. The second-order valence-corrected chi connectivity index (χ2v) is 7.03. The molecule has 0 heterocycles. The quantitative estimate of drug-likeness (QED) is 0.734. The predicted octanol–water partition coefficient (Wildman–Crippen LogP) is 5.10. The molecular weight excluding hydrogens is 244 g/mol. The molecular formula is C19H32O. The third kappa shape index (κ3) is 5.28. The zero-order chi connectivity index (χ0) is 15.2. The lowest BCUT2D eigenvalue weighted by atomic mass is 9.85. The largest absolute Gasteiger partial charge is 0.392 e. The summed E-state index contributed by atoms with van der Waals surface area (Å²) in [6.45, 7) is 11.1. The molecule has 1 rings (SSSR count). The van der Waals surface area contributed by atoms with E-state index in [4.69, 9.17) is 0 Å². The fraction of sp³-hybridized carbons (Fsp3) is 0.684. The molecule has 114 valence electrons. The second kappa shape index (κ2) is 7.83. The van der Waals surface area contributed by atoms with E-state index < -0.39 is 0 Å². The Morgan fingerprint density at radius 3 is 2.10 bits per heavy atom. The van der Waals surface area contributed by atoms with Gasteiger partial charge in [-0.15, -0.1) is 0 Å². The van der Waals surface area contributed by atoms with Gasteiger partial charge in [0.15, 0.2) is 0 Å². The van der Waals surface area contributed by atoms with Crippen molar-refractivity contribution in [1.29, 1.82) is 0 Å². The van der Waals surface area contributed by atoms with Gasteiger partial charge < -0.3 is 5.11 Å². The van der Waals surface area contributed by atoms with Crippen molar-refractivity contribution in [3.63, 3.8) is 0 Å². The predicted molar refractivity (Wildman–Crippen MR) is 88.2 cm³/mol. The van der Waals surface area contributed by atoms with Gasteiger partial charge in [-0.25, -0.2) is 0 Å². The normalized spacial score (nSPS) is 15.1. The summed E-state index contributed by atoms with van der Waals surface area (Å²) in [7, 11) is 0. The first kappa shape index (κ1) is 17.2. The van der Waals surface area contributed by atoms with Gasteiger partial charge in [0.1, 0.15) is 0 Å². The van der Waals surface area contributed by atoms with Crippen molar-refractivity contribution >= 4 is 0 Å². The Morgan fingerprint density at radius 2 is 1.65 bits per heavy atom. The zero-order valence-electron chi connectivity index (χ0n) is 13.9. The molecule has 0 bridgehead atoms. The van der Waals surface area contributed by atoms with Gasteiger partial charge in [0.2, 0.25) is 0 Å². The van der Waals surface area contributed by atoms with Crippen molar-refractivity contribution in [3.05, 3.63) is 35.4 Å². The number of aliphatic hydroxyl groups is 1. The van der Waals surface area contributed by atoms with Crippen LogP contribution >= 0.6 is 0 Å². The van der Waals surface area contributed by atoms with Gasteiger partial charge in [0.05, 0.1) is 6.10 Å². The van der Waals surface area contributed by atoms with Gasteiger partial charge >= 0.3 is 0 Å². The van der Waals surface area contributed by atoms with Crippen LogP contribution in [0.4, 0.5) is 0 Å². The minimum Gasteiger partial charge on any atom is -0.392 e. The van der Waals surface area contributed by atoms with E-state index in [1.54, 1.807) is 0 Å². The monoisotopic (exact) mass is 276 g/mol. The molecule has 1 N–H and O–H groups in total. The highest BCUT2D eigenvalue weighted by atomic mass is 16.3. The highest BCUT2D eigenvalue weighted by Gasteiger charge is 2.18. The van der Waals surface area contributed by atoms with Crippen molar-refractivity contribution in [1.82, 2.24) is 0 Å². The number of rotatable bonds is 7. The maximum atomic E-state index is 10.4. The summed E-state index contributed by atoms with van der Waals surface area (Å²) >= 11 is 0. The highest BCUT2D eigenvalue weighted by Crippen LogP contribution is 2.24. The molecule has 0 aliphatic heterocycles. The first-order valence-corrected chi connectivity index (χ1v) is 8.16. The molecule has 20 heavy (non-hydrogen) atoms. The van der Waals surface area contributed by atoms with Crippen LogP contribution in [0.3, 0.4) is 0 Å². The van der Waals surface area contributed by atoms with Crippen molar-refractivity contribution in [3.8, 4) is 0 Å². The van der Waals surface area contributed by atoms with Crippen LogP contribution in [0, 0.1) is 5.92 Å². The number of aliphatic hydroxyl groups excluding tert-OH is 1. The fourth-order valence-corrected chi connectivity index (χ4v) is 2.68. The van der Waals surface area contributed by atoms with E-state index in [-0.39, 0.29) is 11.5 Å². The first-order chi connectivity index (χ1) is 9.38. The molecule has 0 fully saturated rings. The number of hydrogen-bond acceptors (Lipinski definition) is 1. The van der Waals surface area contributed by atoms with Crippen LogP contribution in [-0.2, 0) is 11.8 Å². The smallest absolute Gasteiger partial charge is 0.0608 e. The molecule has 0 spiro atoms. The van der Waals surface area contributed by atoms with E-state index in [0.717, 1.165) is 19.3 Å². The van der Waals surface area contributed by atoms with Crippen LogP contribution in [-0.4, -0.2) is 11.2 Å². The van der Waals surface area contributed by atoms with E-state index in [2.05, 4.69) is 58.9 Å². The lowest BCUT2D eigenvalue weighted by molar-refractivity contribution is 0.0987. The van der Waals surface area contributed by atoms with Gasteiger partial charge in [-0.05, 0) is 35.3 Å². The third-order valence-electron chi connectivity index (χ3n) is 4.26. The topological polar surface area (TPSA) is 20.2 Å². The lowest BCUT2D eigenvalue weighted by Crippen LogP contribution is -2.22. The standard InChI is InChI=1S/C19H32O/c1-6-8-9-16(7-2)18(20)14-15-10-12-17(13-11-15)19(3,4)5/h10-13,16,18,20H,6-9,14H2,1-5H3. The number of unbranched alkanes of at least 4 members (excludes halogenated alkanes) is 1. The van der Waals surface area contributed by atoms with Crippen molar-refractivity contribution < 1.29 is 5.11 Å². The minimum atomic E-state index is -0.202. The van der Waals surface area contributed by atoms with Crippen LogP contribution in [0.15, 0.2) is 24.3 Å². The molecule has 0 amide bonds. The van der Waals surface area contributed by atoms with Crippen LogP contribution in [0.2, 0.25) is 0 Å². The molecule has 0 saturated carbocycles. The van der Waals surface area contributed by atoms with Gasteiger partial charge in [-0.3, -0.25) is 0 Å². The Kier molecular flexibility index (Phi) is 6.75. The van der Waals surface area contributed by atoms with Crippen LogP contribution in [0.5, 0.6) is 0 Å². The van der Waals surface area contributed by atoms with Gasteiger partial charge in [-0.2, -0.15) is 0 Å². The maximum absolute atomic E-state index is 10.4. The van der Waals surface area contributed by atoms with E-state index in [9.17, 15) is 5.11 Å². The SMILES string of the molecule is CCCCC(CC)C(O)Cc1ccc(C(C)(C)C)cc1. The van der Waals surface area contributed by atoms with Crippen molar-refractivity contribution in [2.45, 2.75) is 78.2 Å². The van der Waals surface area contributed by atoms with Crippen LogP contribution in [0.25, 0.3) is 0 Å². The summed E-state index contributed by atoms with van der Waals surface area (Å²) in [5.41, 5.74) is 2.80. The molecule has 0 saturated heterocycles. The highest BCUT2D eigenvalue weighted by molar-refractivity contribution is 5.27. The second-order valence-electron chi connectivity index (χ2n) is 7.03. The van der Waals surface area contributed by atoms with Gasteiger partial charge in [0, 0.05) is 0 Å². The summed E-state index contributed by atoms with van der Waals surface area (Å²) in [6.07, 6.45) is 5.23. The Morgan fingerprint density at radius 1 is 1.05 bits per heavy atom. The molecule has 1 aromatic carbocycles. The van der Waals surface area contributed by atoms with E-state index >= 15 is 0 Å². The van der Waals surface area contributed by atoms with Gasteiger partial charge in [-0.1, -0.05) is 78.1 Å². The zero-order valence-corrected chi connectivity index (χ0v) is 13.9. The summed E-state index contributed by atoms with van der Waals surface area (Å²) in [6, 6.07) is 8.76. The fourth-order valence-electron chi connectivity index (χ4n) is 2.68. The maximum Gasteiger partial charge on any atom is 0.0608 e. The lowest BCUT2D eigenvalue weighted by Gasteiger charge is -2.22. The summed E-state index contributed by atoms with van der Waals surface area (Å²) in [5.74, 6) is 0.442. The molecule has 0 aliphatic carbocycles. The third-order valence-corrected chi connectivity index (χ3v) is 4.26. The molecule has 1 nitrogen and oxygen atoms in total. The van der Waals surface area contributed by atoms with Crippen LogP contribution in [0.1, 0.15) is 71.4 Å². The number of hydrogen-bond donors (Lipinski definition) is 1. The molecule has 0 aromatic heterocycles. The Bertz CT molecular complexity index is 372. The van der Waals surface area contributed by atoms with Gasteiger partial charge in [0.25, 0.3) is 0 Å². The Balaban J connectivity index is 2.63. The summed E-state index contributed by atoms with van der Waals surface area (Å²) < 4.78 is 0. The van der Waals surface area contributed by atoms with Crippen molar-refractivity contribution in [2.24, 2.45) is 5.92 Å². The molecule has 0 radical (unpaired) electrons. The summed E-state index contributed by atoms with van der Waals surface area (Å²) in [4.78, 5) is 0. The molecule has 2 atom stereocenters. The molecule has 0 aliphatic rings. The first-order valence-electron chi connectivity index (χ1n) is 8.16. The van der Waals surface area contributed by atoms with E-state index in [1.807, 2.05) is 0 Å². The molecule has 1 aromatic rings. The van der Waals surface area contributed by atoms with Crippen LogP contribution < -0.4 is 0 Å². The minimum absolute atomic E-state index is 0.199. The van der Waals surface area contributed by atoms with E-state index in [0.29, 0.717) is 5.92 Å². The Hall–Kier alpha value is -0.820. The molecule has 2 unspecified atom stereocenters. The average molecular weight is 276 g/mol. The molecule has 1 heteroatoms. The summed E-state index contributed by atoms with van der Waals surface area (Å²) in [5, 5.41) is 10.4. The van der Waals surface area contributed by atoms with Crippen molar-refractivity contribution in [2.75, 3.05) is 0 Å². The van der Waals surface area contributed by atoms with E-state index in [1.165, 1.54) is 24.0 Å². The number of benzene rings is 1. The Labute approximate surface area is 125 Å².